The summed E-state index contributed by atoms with van der Waals surface area (Å²) in [7, 11) is 3.29. The highest BCUT2D eigenvalue weighted by atomic mass is 16.6. The Morgan fingerprint density at radius 2 is 1.53 bits per heavy atom. The Labute approximate surface area is 226 Å². The van der Waals surface area contributed by atoms with Crippen molar-refractivity contribution in [1.29, 1.82) is 0 Å². The highest BCUT2D eigenvalue weighted by molar-refractivity contribution is 5.68. The topological polar surface area (TPSA) is 63.3 Å². The molecule has 1 saturated heterocycles. The number of nitrogens with one attached hydrogen (secondary N) is 1. The van der Waals surface area contributed by atoms with Crippen LogP contribution in [0, 0.1) is 0 Å². The fraction of sp³-hybridized carbons (Fsp3) is 0.387. The van der Waals surface area contributed by atoms with Crippen molar-refractivity contribution in [2.24, 2.45) is 0 Å². The van der Waals surface area contributed by atoms with E-state index in [0.29, 0.717) is 19.7 Å². The first kappa shape index (κ1) is 27.3. The van der Waals surface area contributed by atoms with E-state index < -0.39 is 0 Å². The molecule has 3 aromatic rings. The van der Waals surface area contributed by atoms with Crippen molar-refractivity contribution in [1.82, 2.24) is 9.80 Å². The fourth-order valence-electron chi connectivity index (χ4n) is 4.74. The second kappa shape index (κ2) is 13.7. The summed E-state index contributed by atoms with van der Waals surface area (Å²) in [6, 6.07) is 26.9. The van der Waals surface area contributed by atoms with Crippen molar-refractivity contribution in [3.8, 4) is 11.5 Å². The van der Waals surface area contributed by atoms with Crippen molar-refractivity contribution >= 4 is 11.8 Å². The van der Waals surface area contributed by atoms with Gasteiger partial charge in [-0.2, -0.15) is 0 Å². The first-order valence-electron chi connectivity index (χ1n) is 13.3. The maximum absolute atomic E-state index is 12.9. The third kappa shape index (κ3) is 7.65. The number of nitrogens with zero attached hydrogens (tertiary/aromatic N) is 2. The lowest BCUT2D eigenvalue weighted by Crippen LogP contribution is -2.44. The predicted molar refractivity (Wildman–Crippen MR) is 151 cm³/mol. The van der Waals surface area contributed by atoms with Crippen LogP contribution in [0.15, 0.2) is 78.9 Å². The van der Waals surface area contributed by atoms with Gasteiger partial charge in [0.15, 0.2) is 0 Å². The Morgan fingerprint density at radius 3 is 2.08 bits per heavy atom. The van der Waals surface area contributed by atoms with Gasteiger partial charge in [-0.15, -0.1) is 0 Å². The van der Waals surface area contributed by atoms with Crippen molar-refractivity contribution < 1.29 is 19.0 Å². The van der Waals surface area contributed by atoms with Gasteiger partial charge in [0.25, 0.3) is 0 Å². The Bertz CT molecular complexity index is 1090. The van der Waals surface area contributed by atoms with E-state index in [1.807, 2.05) is 35.2 Å². The van der Waals surface area contributed by atoms with Crippen LogP contribution in [0.4, 0.5) is 10.5 Å². The predicted octanol–water partition coefficient (Wildman–Crippen LogP) is 5.81. The highest BCUT2D eigenvalue weighted by Crippen LogP contribution is 2.30. The summed E-state index contributed by atoms with van der Waals surface area (Å²) in [6.45, 7) is 5.36. The Balaban J connectivity index is 1.28. The summed E-state index contributed by atoms with van der Waals surface area (Å²) in [5, 5.41) is 3.56. The molecule has 1 aliphatic heterocycles. The number of amides is 1. The number of anilines is 1. The third-order valence-electron chi connectivity index (χ3n) is 7.05. The monoisotopic (exact) mass is 517 g/mol. The molecule has 0 radical (unpaired) electrons. The van der Waals surface area contributed by atoms with Gasteiger partial charge in [-0.3, -0.25) is 4.90 Å². The van der Waals surface area contributed by atoms with Crippen LogP contribution in [0.3, 0.4) is 0 Å². The maximum Gasteiger partial charge on any atom is 0.409 e. The highest BCUT2D eigenvalue weighted by Gasteiger charge is 2.25. The van der Waals surface area contributed by atoms with Gasteiger partial charge in [0.2, 0.25) is 0 Å². The summed E-state index contributed by atoms with van der Waals surface area (Å²) in [5.74, 6) is 1.50. The first-order valence-corrected chi connectivity index (χ1v) is 13.3. The van der Waals surface area contributed by atoms with E-state index in [0.717, 1.165) is 43.1 Å². The molecule has 3 aromatic carbocycles. The lowest BCUT2D eigenvalue weighted by Gasteiger charge is -2.33. The van der Waals surface area contributed by atoms with Crippen LogP contribution in [0.1, 0.15) is 30.9 Å². The smallest absolute Gasteiger partial charge is 0.409 e. The average molecular weight is 518 g/mol. The molecule has 0 aromatic heterocycles. The second-order valence-corrected chi connectivity index (χ2v) is 9.77. The third-order valence-corrected chi connectivity index (χ3v) is 7.05. The van der Waals surface area contributed by atoms with E-state index in [9.17, 15) is 4.79 Å². The molecular formula is C31H39N3O4. The SMILES string of the molecule is COc1ccc(NC2CCN(C(=O)OCC(C)N(Cc3ccccc3)Cc3ccccc3)CC2)c(OC)c1. The van der Waals surface area contributed by atoms with Gasteiger partial charge in [0.05, 0.1) is 19.9 Å². The molecule has 38 heavy (non-hydrogen) atoms. The molecule has 0 spiro atoms. The molecule has 7 heteroatoms. The van der Waals surface area contributed by atoms with Gasteiger partial charge in [-0.05, 0) is 43.0 Å². The maximum atomic E-state index is 12.9. The molecule has 0 bridgehead atoms. The van der Waals surface area contributed by atoms with E-state index >= 15 is 0 Å². The largest absolute Gasteiger partial charge is 0.497 e. The van der Waals surface area contributed by atoms with Crippen molar-refractivity contribution in [3.63, 3.8) is 0 Å². The standard InChI is InChI=1S/C31H39N3O4/c1-24(34(21-25-10-6-4-7-11-25)22-26-12-8-5-9-13-26)23-38-31(35)33-18-16-27(17-19-33)32-29-15-14-28(36-2)20-30(29)37-3/h4-15,20,24,27,32H,16-19,21-23H2,1-3H3. The molecule has 1 atom stereocenters. The molecule has 1 unspecified atom stereocenters. The zero-order chi connectivity index (χ0) is 26.7. The number of likely N-dealkylation sites (tertiary alicyclic amines) is 1. The van der Waals surface area contributed by atoms with E-state index in [1.165, 1.54) is 11.1 Å². The molecule has 1 aliphatic rings. The van der Waals surface area contributed by atoms with Gasteiger partial charge >= 0.3 is 6.09 Å². The molecule has 1 heterocycles. The number of hydrogen-bond acceptors (Lipinski definition) is 6. The second-order valence-electron chi connectivity index (χ2n) is 9.77. The summed E-state index contributed by atoms with van der Waals surface area (Å²) < 4.78 is 16.6. The van der Waals surface area contributed by atoms with E-state index in [2.05, 4.69) is 65.7 Å². The van der Waals surface area contributed by atoms with Gasteiger partial charge in [0, 0.05) is 44.3 Å². The van der Waals surface area contributed by atoms with E-state index in [-0.39, 0.29) is 18.2 Å². The van der Waals surface area contributed by atoms with Crippen molar-refractivity contribution in [2.45, 2.75) is 44.9 Å². The molecule has 4 rings (SSSR count). The van der Waals surface area contributed by atoms with Crippen LogP contribution in [-0.4, -0.2) is 61.9 Å². The van der Waals surface area contributed by atoms with E-state index in [4.69, 9.17) is 14.2 Å². The summed E-state index contributed by atoms with van der Waals surface area (Å²) in [5.41, 5.74) is 3.41. The Morgan fingerprint density at radius 1 is 0.921 bits per heavy atom. The minimum absolute atomic E-state index is 0.0705. The van der Waals surface area contributed by atoms with Crippen molar-refractivity contribution in [2.75, 3.05) is 39.2 Å². The van der Waals surface area contributed by atoms with Gasteiger partial charge in [0.1, 0.15) is 18.1 Å². The van der Waals surface area contributed by atoms with Gasteiger partial charge in [-0.25, -0.2) is 4.79 Å². The Hall–Kier alpha value is -3.71. The first-order chi connectivity index (χ1) is 18.6. The number of benzene rings is 3. The molecule has 202 valence electrons. The summed E-state index contributed by atoms with van der Waals surface area (Å²) in [4.78, 5) is 17.1. The van der Waals surface area contributed by atoms with Crippen LogP contribution in [-0.2, 0) is 17.8 Å². The molecule has 1 N–H and O–H groups in total. The zero-order valence-corrected chi connectivity index (χ0v) is 22.6. The molecular weight excluding hydrogens is 478 g/mol. The van der Waals surface area contributed by atoms with Gasteiger partial charge < -0.3 is 24.4 Å². The summed E-state index contributed by atoms with van der Waals surface area (Å²) >= 11 is 0. The normalized spacial score (nSPS) is 14.7. The molecule has 0 saturated carbocycles. The number of ether oxygens (including phenoxy) is 3. The van der Waals surface area contributed by atoms with E-state index in [1.54, 1.807) is 14.2 Å². The number of carbonyl (C=O) groups excluding carboxylic acids is 1. The van der Waals surface area contributed by atoms with Crippen LogP contribution in [0.25, 0.3) is 0 Å². The average Bonchev–Trinajstić information content (AvgIpc) is 2.97. The number of hydrogen-bond donors (Lipinski definition) is 1. The molecule has 0 aliphatic carbocycles. The number of rotatable bonds is 11. The zero-order valence-electron chi connectivity index (χ0n) is 22.6. The molecule has 1 fully saturated rings. The number of carbonyl (C=O) groups is 1. The lowest BCUT2D eigenvalue weighted by molar-refractivity contribution is 0.0595. The van der Waals surface area contributed by atoms with Crippen molar-refractivity contribution in [3.05, 3.63) is 90.0 Å². The van der Waals surface area contributed by atoms with Crippen LogP contribution in [0.2, 0.25) is 0 Å². The number of piperidine rings is 1. The minimum atomic E-state index is -0.239. The van der Waals surface area contributed by atoms with Crippen LogP contribution in [0.5, 0.6) is 11.5 Å². The van der Waals surface area contributed by atoms with Crippen LogP contribution < -0.4 is 14.8 Å². The fourth-order valence-corrected chi connectivity index (χ4v) is 4.74. The quantitative estimate of drug-likeness (QED) is 0.346. The van der Waals surface area contributed by atoms with Crippen LogP contribution >= 0.6 is 0 Å². The summed E-state index contributed by atoms with van der Waals surface area (Å²) in [6.07, 6.45) is 1.44. The molecule has 7 nitrogen and oxygen atoms in total. The number of methoxy groups -OCH3 is 2. The molecule has 1 amide bonds. The Kier molecular flexibility index (Phi) is 9.87. The lowest BCUT2D eigenvalue weighted by atomic mass is 10.0. The minimum Gasteiger partial charge on any atom is -0.497 e. The van der Waals surface area contributed by atoms with Gasteiger partial charge in [-0.1, -0.05) is 60.7 Å².